The summed E-state index contributed by atoms with van der Waals surface area (Å²) in [7, 11) is 1.93. The molecule has 0 aliphatic carbocycles. The molecule has 1 aromatic heterocycles. The molecule has 0 unspecified atom stereocenters. The summed E-state index contributed by atoms with van der Waals surface area (Å²) in [6.45, 7) is 5.99. The second-order valence-corrected chi connectivity index (χ2v) is 8.18. The second-order valence-electron chi connectivity index (χ2n) is 7.07. The molecule has 0 radical (unpaired) electrons. The molecule has 2 rings (SSSR count). The van der Waals surface area contributed by atoms with Gasteiger partial charge in [0.1, 0.15) is 17.2 Å². The second kappa shape index (κ2) is 8.85. The molecular formula is C21H24N2O3S. The highest BCUT2D eigenvalue weighted by Crippen LogP contribution is 2.31. The first-order valence-corrected chi connectivity index (χ1v) is 9.42. The van der Waals surface area contributed by atoms with Crippen LogP contribution in [-0.4, -0.2) is 36.9 Å². The number of benzene rings is 1. The number of rotatable bonds is 6. The van der Waals surface area contributed by atoms with Crippen LogP contribution in [0.2, 0.25) is 0 Å². The zero-order valence-electron chi connectivity index (χ0n) is 16.0. The van der Waals surface area contributed by atoms with E-state index in [0.29, 0.717) is 6.54 Å². The zero-order valence-corrected chi connectivity index (χ0v) is 16.8. The fourth-order valence-corrected chi connectivity index (χ4v) is 3.31. The summed E-state index contributed by atoms with van der Waals surface area (Å²) in [6, 6.07) is 13.8. The highest BCUT2D eigenvalue weighted by atomic mass is 32.1. The average Bonchev–Trinajstić information content (AvgIpc) is 3.07. The summed E-state index contributed by atoms with van der Waals surface area (Å²) >= 11 is 1.50. The van der Waals surface area contributed by atoms with Crippen LogP contribution in [0.25, 0.3) is 16.5 Å². The maximum absolute atomic E-state index is 12.1. The molecule has 6 heteroatoms. The number of ether oxygens (including phenoxy) is 1. The van der Waals surface area contributed by atoms with Crippen LogP contribution in [0.5, 0.6) is 0 Å². The van der Waals surface area contributed by atoms with Crippen LogP contribution in [0.4, 0.5) is 5.69 Å². The third-order valence-corrected chi connectivity index (χ3v) is 4.76. The van der Waals surface area contributed by atoms with E-state index in [4.69, 9.17) is 9.84 Å². The number of carbonyl (C=O) groups excluding carboxylic acids is 1. The molecule has 5 nitrogen and oxygen atoms in total. The van der Waals surface area contributed by atoms with Gasteiger partial charge >= 0.3 is 5.97 Å². The number of aliphatic hydroxyl groups excluding tert-OH is 1. The first-order valence-electron chi connectivity index (χ1n) is 8.61. The summed E-state index contributed by atoms with van der Waals surface area (Å²) in [5, 5.41) is 18.3. The molecular weight excluding hydrogens is 360 g/mol. The predicted molar refractivity (Wildman–Crippen MR) is 110 cm³/mol. The van der Waals surface area contributed by atoms with Crippen LogP contribution in [0, 0.1) is 11.3 Å². The Balaban J connectivity index is 2.18. The number of nitriles is 1. The van der Waals surface area contributed by atoms with Crippen LogP contribution in [0.3, 0.4) is 0 Å². The van der Waals surface area contributed by atoms with Crippen molar-refractivity contribution >= 4 is 29.1 Å². The minimum atomic E-state index is -0.640. The Hall–Kier alpha value is -2.62. The number of hydrogen-bond acceptors (Lipinski definition) is 6. The van der Waals surface area contributed by atoms with Gasteiger partial charge in [0.2, 0.25) is 0 Å². The number of aliphatic hydroxyl groups is 1. The minimum Gasteiger partial charge on any atom is -0.456 e. The van der Waals surface area contributed by atoms with E-state index in [2.05, 4.69) is 0 Å². The lowest BCUT2D eigenvalue weighted by Gasteiger charge is -2.18. The third kappa shape index (κ3) is 5.95. The molecule has 142 valence electrons. The standard InChI is InChI=1S/C21H24N2O3S/c1-21(2,3)26-20(25)16(14-22)13-18-9-10-19(27-18)15-5-7-17(8-6-15)23(4)11-12-24/h5-10,13,24H,11-12H2,1-4H3/b16-13+. The minimum absolute atomic E-state index is 0.0145. The van der Waals surface area contributed by atoms with Crippen LogP contribution in [0.1, 0.15) is 25.6 Å². The van der Waals surface area contributed by atoms with Crippen molar-refractivity contribution < 1.29 is 14.6 Å². The summed E-state index contributed by atoms with van der Waals surface area (Å²) in [4.78, 5) is 15.9. The molecule has 0 aliphatic rings. The van der Waals surface area contributed by atoms with E-state index in [1.165, 1.54) is 11.3 Å². The van der Waals surface area contributed by atoms with E-state index < -0.39 is 11.6 Å². The molecule has 1 N–H and O–H groups in total. The molecule has 0 saturated heterocycles. The fourth-order valence-electron chi connectivity index (χ4n) is 2.36. The van der Waals surface area contributed by atoms with Crippen molar-refractivity contribution in [1.29, 1.82) is 5.26 Å². The number of anilines is 1. The molecule has 0 atom stereocenters. The topological polar surface area (TPSA) is 73.6 Å². The van der Waals surface area contributed by atoms with Gasteiger partial charge in [-0.25, -0.2) is 4.79 Å². The maximum Gasteiger partial charge on any atom is 0.349 e. The van der Waals surface area contributed by atoms with Gasteiger partial charge in [0.05, 0.1) is 6.61 Å². The van der Waals surface area contributed by atoms with E-state index in [9.17, 15) is 10.1 Å². The van der Waals surface area contributed by atoms with E-state index in [1.54, 1.807) is 26.8 Å². The van der Waals surface area contributed by atoms with E-state index >= 15 is 0 Å². The lowest BCUT2D eigenvalue weighted by Crippen LogP contribution is -2.24. The van der Waals surface area contributed by atoms with Crippen molar-refractivity contribution in [3.63, 3.8) is 0 Å². The van der Waals surface area contributed by atoms with Gasteiger partial charge in [-0.15, -0.1) is 11.3 Å². The van der Waals surface area contributed by atoms with Crippen molar-refractivity contribution in [2.45, 2.75) is 26.4 Å². The van der Waals surface area contributed by atoms with Crippen LogP contribution in [0.15, 0.2) is 42.0 Å². The first-order chi connectivity index (χ1) is 12.7. The molecule has 0 spiro atoms. The average molecular weight is 385 g/mol. The number of thiophene rings is 1. The van der Waals surface area contributed by atoms with Crippen molar-refractivity contribution in [2.75, 3.05) is 25.1 Å². The van der Waals surface area contributed by atoms with Gasteiger partial charge in [0, 0.05) is 29.0 Å². The van der Waals surface area contributed by atoms with Crippen LogP contribution >= 0.6 is 11.3 Å². The maximum atomic E-state index is 12.1. The molecule has 1 heterocycles. The quantitative estimate of drug-likeness (QED) is 0.461. The molecule has 27 heavy (non-hydrogen) atoms. The van der Waals surface area contributed by atoms with Crippen LogP contribution in [-0.2, 0) is 9.53 Å². The lowest BCUT2D eigenvalue weighted by atomic mass is 10.1. The number of nitrogens with zero attached hydrogens (tertiary/aromatic N) is 2. The normalized spacial score (nSPS) is 11.8. The van der Waals surface area contributed by atoms with Gasteiger partial charge in [0.25, 0.3) is 0 Å². The van der Waals surface area contributed by atoms with Crippen LogP contribution < -0.4 is 4.90 Å². The Morgan fingerprint density at radius 3 is 2.48 bits per heavy atom. The van der Waals surface area contributed by atoms with Crippen molar-refractivity contribution in [1.82, 2.24) is 0 Å². The summed E-state index contributed by atoms with van der Waals surface area (Å²) < 4.78 is 5.26. The Bertz CT molecular complexity index is 855. The largest absolute Gasteiger partial charge is 0.456 e. The highest BCUT2D eigenvalue weighted by Gasteiger charge is 2.20. The fraction of sp³-hybridized carbons (Fsp3) is 0.333. The van der Waals surface area contributed by atoms with E-state index in [1.807, 2.05) is 54.4 Å². The van der Waals surface area contributed by atoms with Gasteiger partial charge in [-0.2, -0.15) is 5.26 Å². The summed E-state index contributed by atoms with van der Waals surface area (Å²) in [5.74, 6) is -0.615. The van der Waals surface area contributed by atoms with E-state index in [-0.39, 0.29) is 12.2 Å². The van der Waals surface area contributed by atoms with Gasteiger partial charge in [0.15, 0.2) is 0 Å². The van der Waals surface area contributed by atoms with Gasteiger partial charge in [-0.1, -0.05) is 12.1 Å². The van der Waals surface area contributed by atoms with E-state index in [0.717, 1.165) is 21.0 Å². The SMILES string of the molecule is CN(CCO)c1ccc(-c2ccc(/C=C(\C#N)C(=O)OC(C)(C)C)s2)cc1. The molecule has 0 amide bonds. The van der Waals surface area contributed by atoms with Gasteiger partial charge < -0.3 is 14.7 Å². The Labute approximate surface area is 164 Å². The molecule has 0 bridgehead atoms. The Morgan fingerprint density at radius 1 is 1.26 bits per heavy atom. The Kier molecular flexibility index (Phi) is 6.78. The smallest absolute Gasteiger partial charge is 0.349 e. The summed E-state index contributed by atoms with van der Waals surface area (Å²) in [6.07, 6.45) is 1.56. The summed E-state index contributed by atoms with van der Waals surface area (Å²) in [5.41, 5.74) is 1.43. The Morgan fingerprint density at radius 2 is 1.93 bits per heavy atom. The molecule has 0 aliphatic heterocycles. The molecule has 0 saturated carbocycles. The monoisotopic (exact) mass is 384 g/mol. The predicted octanol–water partition coefficient (Wildman–Crippen LogP) is 4.09. The molecule has 0 fully saturated rings. The zero-order chi connectivity index (χ0) is 20.0. The van der Waals surface area contributed by atoms with Gasteiger partial charge in [-0.3, -0.25) is 0 Å². The number of carbonyl (C=O) groups is 1. The number of hydrogen-bond donors (Lipinski definition) is 1. The van der Waals surface area contributed by atoms with Crippen molar-refractivity contribution in [3.8, 4) is 16.5 Å². The lowest BCUT2D eigenvalue weighted by molar-refractivity contribution is -0.149. The third-order valence-electron chi connectivity index (χ3n) is 3.68. The van der Waals surface area contributed by atoms with Crippen molar-refractivity contribution in [3.05, 3.63) is 46.8 Å². The molecule has 2 aromatic rings. The van der Waals surface area contributed by atoms with Crippen molar-refractivity contribution in [2.24, 2.45) is 0 Å². The molecule has 1 aromatic carbocycles. The van der Waals surface area contributed by atoms with Gasteiger partial charge in [-0.05, 0) is 56.7 Å². The number of likely N-dealkylation sites (N-methyl/N-ethyl adjacent to an activating group) is 1. The first kappa shape index (κ1) is 20.7. The highest BCUT2D eigenvalue weighted by molar-refractivity contribution is 7.16. The number of esters is 1.